The molecule has 0 rings (SSSR count). The molecular formula is C10H24N2O2. The highest BCUT2D eigenvalue weighted by Gasteiger charge is 2.21. The van der Waals surface area contributed by atoms with Gasteiger partial charge < -0.3 is 20.4 Å². The first kappa shape index (κ1) is 13.8. The summed E-state index contributed by atoms with van der Waals surface area (Å²) in [4.78, 5) is 2.14. The van der Waals surface area contributed by atoms with Crippen LogP contribution in [0.25, 0.3) is 0 Å². The van der Waals surface area contributed by atoms with Crippen molar-refractivity contribution in [3.63, 3.8) is 0 Å². The van der Waals surface area contributed by atoms with Crippen molar-refractivity contribution in [2.75, 3.05) is 46.9 Å². The van der Waals surface area contributed by atoms with Crippen LogP contribution < -0.4 is 5.32 Å². The number of hydrogen-bond donors (Lipinski definition) is 3. The van der Waals surface area contributed by atoms with Gasteiger partial charge in [0.1, 0.15) is 0 Å². The number of nitrogens with zero attached hydrogens (tertiary/aromatic N) is 1. The first-order chi connectivity index (χ1) is 6.54. The van der Waals surface area contributed by atoms with Crippen LogP contribution in [0.5, 0.6) is 0 Å². The highest BCUT2D eigenvalue weighted by molar-refractivity contribution is 4.74. The van der Waals surface area contributed by atoms with Crippen LogP contribution in [-0.4, -0.2) is 62.1 Å². The molecule has 86 valence electrons. The van der Waals surface area contributed by atoms with Crippen LogP contribution in [0, 0.1) is 5.41 Å². The lowest BCUT2D eigenvalue weighted by molar-refractivity contribution is 0.0698. The molecular weight excluding hydrogens is 180 g/mol. The normalized spacial score (nSPS) is 12.4. The predicted molar refractivity (Wildman–Crippen MR) is 58.3 cm³/mol. The Hall–Kier alpha value is -0.160. The van der Waals surface area contributed by atoms with E-state index in [0.29, 0.717) is 6.54 Å². The van der Waals surface area contributed by atoms with Gasteiger partial charge in [0.05, 0.1) is 13.2 Å². The Morgan fingerprint density at radius 3 is 2.21 bits per heavy atom. The quantitative estimate of drug-likeness (QED) is 0.467. The van der Waals surface area contributed by atoms with E-state index in [2.05, 4.69) is 10.2 Å². The monoisotopic (exact) mass is 204 g/mol. The Labute approximate surface area is 86.9 Å². The molecule has 0 saturated carbocycles. The van der Waals surface area contributed by atoms with Gasteiger partial charge in [-0.3, -0.25) is 0 Å². The van der Waals surface area contributed by atoms with Crippen LogP contribution in [0.1, 0.15) is 13.3 Å². The van der Waals surface area contributed by atoms with Crippen LogP contribution >= 0.6 is 0 Å². The fourth-order valence-electron chi connectivity index (χ4n) is 1.07. The molecule has 0 heterocycles. The molecule has 0 aliphatic heterocycles. The minimum Gasteiger partial charge on any atom is -0.396 e. The minimum absolute atomic E-state index is 0.0180. The van der Waals surface area contributed by atoms with Gasteiger partial charge >= 0.3 is 0 Å². The highest BCUT2D eigenvalue weighted by Crippen LogP contribution is 2.11. The zero-order valence-corrected chi connectivity index (χ0v) is 9.58. The van der Waals surface area contributed by atoms with Crippen LogP contribution in [0.2, 0.25) is 0 Å². The van der Waals surface area contributed by atoms with Gasteiger partial charge in [-0.1, -0.05) is 6.92 Å². The summed E-state index contributed by atoms with van der Waals surface area (Å²) in [5.74, 6) is 0. The standard InChI is InChI=1S/C10H24N2O2/c1-10(8-13,9-14)7-11-5-4-6-12(2)3/h11,13-14H,4-9H2,1-3H3. The van der Waals surface area contributed by atoms with E-state index < -0.39 is 5.41 Å². The molecule has 0 atom stereocenters. The lowest BCUT2D eigenvalue weighted by atomic mass is 9.93. The van der Waals surface area contributed by atoms with Crippen LogP contribution in [0.15, 0.2) is 0 Å². The van der Waals surface area contributed by atoms with E-state index in [0.717, 1.165) is 19.5 Å². The van der Waals surface area contributed by atoms with Gasteiger partial charge in [-0.15, -0.1) is 0 Å². The van der Waals surface area contributed by atoms with E-state index in [1.165, 1.54) is 0 Å². The predicted octanol–water partition coefficient (Wildman–Crippen LogP) is -0.481. The molecule has 0 saturated heterocycles. The molecule has 4 heteroatoms. The van der Waals surface area contributed by atoms with Gasteiger partial charge in [-0.25, -0.2) is 0 Å². The van der Waals surface area contributed by atoms with Gasteiger partial charge in [-0.05, 0) is 33.6 Å². The van der Waals surface area contributed by atoms with E-state index >= 15 is 0 Å². The van der Waals surface area contributed by atoms with Crippen molar-refractivity contribution in [3.05, 3.63) is 0 Å². The Kier molecular flexibility index (Phi) is 7.09. The van der Waals surface area contributed by atoms with E-state index in [4.69, 9.17) is 10.2 Å². The molecule has 4 nitrogen and oxygen atoms in total. The molecule has 0 aromatic rings. The average Bonchev–Trinajstić information content (AvgIpc) is 2.16. The van der Waals surface area contributed by atoms with E-state index in [1.54, 1.807) is 0 Å². The number of aliphatic hydroxyl groups is 2. The van der Waals surface area contributed by atoms with E-state index in [-0.39, 0.29) is 13.2 Å². The van der Waals surface area contributed by atoms with E-state index in [9.17, 15) is 0 Å². The van der Waals surface area contributed by atoms with Crippen molar-refractivity contribution in [1.82, 2.24) is 10.2 Å². The molecule has 0 bridgehead atoms. The molecule has 14 heavy (non-hydrogen) atoms. The second-order valence-electron chi connectivity index (χ2n) is 4.46. The summed E-state index contributed by atoms with van der Waals surface area (Å²) in [5, 5.41) is 21.3. The maximum Gasteiger partial charge on any atom is 0.0518 e. The molecule has 0 fully saturated rings. The Morgan fingerprint density at radius 2 is 1.79 bits per heavy atom. The maximum absolute atomic E-state index is 9.02. The van der Waals surface area contributed by atoms with Gasteiger partial charge in [0.15, 0.2) is 0 Å². The summed E-state index contributed by atoms with van der Waals surface area (Å²) in [5.41, 5.74) is -0.391. The summed E-state index contributed by atoms with van der Waals surface area (Å²) < 4.78 is 0. The highest BCUT2D eigenvalue weighted by atomic mass is 16.3. The molecule has 3 N–H and O–H groups in total. The largest absolute Gasteiger partial charge is 0.396 e. The molecule has 0 aromatic carbocycles. The minimum atomic E-state index is -0.391. The Morgan fingerprint density at radius 1 is 1.21 bits per heavy atom. The maximum atomic E-state index is 9.02. The van der Waals surface area contributed by atoms with Gasteiger partial charge in [-0.2, -0.15) is 0 Å². The van der Waals surface area contributed by atoms with Gasteiger partial charge in [0.25, 0.3) is 0 Å². The zero-order valence-electron chi connectivity index (χ0n) is 9.58. The molecule has 0 aromatic heterocycles. The van der Waals surface area contributed by atoms with Crippen molar-refractivity contribution < 1.29 is 10.2 Å². The van der Waals surface area contributed by atoms with Crippen LogP contribution in [-0.2, 0) is 0 Å². The van der Waals surface area contributed by atoms with Crippen molar-refractivity contribution in [3.8, 4) is 0 Å². The third-order valence-corrected chi connectivity index (χ3v) is 2.27. The lowest BCUT2D eigenvalue weighted by Crippen LogP contribution is -2.38. The van der Waals surface area contributed by atoms with Crippen molar-refractivity contribution >= 4 is 0 Å². The summed E-state index contributed by atoms with van der Waals surface area (Å²) in [7, 11) is 4.09. The SMILES string of the molecule is CN(C)CCCNCC(C)(CO)CO. The van der Waals surface area contributed by atoms with Gasteiger partial charge in [0, 0.05) is 12.0 Å². The fraction of sp³-hybridized carbons (Fsp3) is 1.00. The van der Waals surface area contributed by atoms with E-state index in [1.807, 2.05) is 21.0 Å². The Bertz CT molecular complexity index is 136. The van der Waals surface area contributed by atoms with Crippen LogP contribution in [0.4, 0.5) is 0 Å². The topological polar surface area (TPSA) is 55.7 Å². The third kappa shape index (κ3) is 6.32. The molecule has 0 radical (unpaired) electrons. The number of hydrogen-bond acceptors (Lipinski definition) is 4. The van der Waals surface area contributed by atoms with Gasteiger partial charge in [0.2, 0.25) is 0 Å². The molecule has 0 spiro atoms. The second kappa shape index (κ2) is 7.17. The summed E-state index contributed by atoms with van der Waals surface area (Å²) in [6, 6.07) is 0. The number of nitrogens with one attached hydrogen (secondary N) is 1. The van der Waals surface area contributed by atoms with Crippen molar-refractivity contribution in [2.45, 2.75) is 13.3 Å². The van der Waals surface area contributed by atoms with Crippen molar-refractivity contribution in [2.24, 2.45) is 5.41 Å². The second-order valence-corrected chi connectivity index (χ2v) is 4.46. The number of rotatable bonds is 8. The average molecular weight is 204 g/mol. The summed E-state index contributed by atoms with van der Waals surface area (Å²) >= 11 is 0. The van der Waals surface area contributed by atoms with Crippen LogP contribution in [0.3, 0.4) is 0 Å². The lowest BCUT2D eigenvalue weighted by Gasteiger charge is -2.25. The summed E-state index contributed by atoms with van der Waals surface area (Å²) in [6.45, 7) is 4.55. The molecule has 0 amide bonds. The first-order valence-corrected chi connectivity index (χ1v) is 5.11. The third-order valence-electron chi connectivity index (χ3n) is 2.27. The zero-order chi connectivity index (χ0) is 11.0. The Balaban J connectivity index is 3.43. The molecule has 0 aliphatic carbocycles. The van der Waals surface area contributed by atoms with Crippen molar-refractivity contribution in [1.29, 1.82) is 0 Å². The number of aliphatic hydroxyl groups excluding tert-OH is 2. The first-order valence-electron chi connectivity index (χ1n) is 5.11. The summed E-state index contributed by atoms with van der Waals surface area (Å²) in [6.07, 6.45) is 1.08. The fourth-order valence-corrected chi connectivity index (χ4v) is 1.07. The molecule has 0 aliphatic rings. The smallest absolute Gasteiger partial charge is 0.0518 e. The molecule has 0 unspecified atom stereocenters.